The van der Waals surface area contributed by atoms with Gasteiger partial charge in [-0.2, -0.15) is 0 Å². The largest absolute Gasteiger partial charge is 0.497 e. The zero-order valence-corrected chi connectivity index (χ0v) is 20.2. The van der Waals surface area contributed by atoms with Crippen LogP contribution in [0.25, 0.3) is 0 Å². The van der Waals surface area contributed by atoms with Crippen LogP contribution < -0.4 is 9.64 Å². The van der Waals surface area contributed by atoms with Gasteiger partial charge in [0.1, 0.15) is 11.9 Å². The Bertz CT molecular complexity index is 633. The molecule has 1 fully saturated rings. The summed E-state index contributed by atoms with van der Waals surface area (Å²) >= 11 is 0. The van der Waals surface area contributed by atoms with Crippen LogP contribution in [-0.2, 0) is 9.22 Å². The van der Waals surface area contributed by atoms with Gasteiger partial charge in [-0.05, 0) is 53.2 Å². The molecule has 0 N–H and O–H groups in total. The van der Waals surface area contributed by atoms with Crippen molar-refractivity contribution >= 4 is 19.9 Å². The van der Waals surface area contributed by atoms with Gasteiger partial charge in [-0.25, -0.2) is 0 Å². The van der Waals surface area contributed by atoms with Gasteiger partial charge in [0.15, 0.2) is 0 Å². The molecule has 1 heterocycles. The van der Waals surface area contributed by atoms with Crippen molar-refractivity contribution in [1.29, 1.82) is 0 Å². The average molecular weight is 406 g/mol. The van der Waals surface area contributed by atoms with Crippen LogP contribution in [0.3, 0.4) is 0 Å². The number of hydrogen-bond donors (Lipinski definition) is 0. The Morgan fingerprint density at radius 1 is 0.929 bits per heavy atom. The summed E-state index contributed by atoms with van der Waals surface area (Å²) in [6.07, 6.45) is 0.629. The van der Waals surface area contributed by atoms with Crippen LogP contribution in [0.15, 0.2) is 24.3 Å². The fraction of sp³-hybridized carbons (Fsp3) is 0.696. The molecule has 2 rings (SSSR count). The summed E-state index contributed by atoms with van der Waals surface area (Å²) in [6, 6.07) is 7.87. The Balaban J connectivity index is 2.34. The molecule has 2 atom stereocenters. The Morgan fingerprint density at radius 3 is 1.82 bits per heavy atom. The van der Waals surface area contributed by atoms with E-state index in [1.54, 1.807) is 7.11 Å². The fourth-order valence-electron chi connectivity index (χ4n) is 5.05. The number of β-lactam (4-membered cyclic amide) rings is 1. The van der Waals surface area contributed by atoms with Crippen molar-refractivity contribution < 1.29 is 14.0 Å². The van der Waals surface area contributed by atoms with Crippen molar-refractivity contribution in [3.05, 3.63) is 24.3 Å². The lowest BCUT2D eigenvalue weighted by atomic mass is 9.89. The van der Waals surface area contributed by atoms with Crippen molar-refractivity contribution in [2.24, 2.45) is 5.92 Å². The Labute approximate surface area is 172 Å². The molecule has 0 aliphatic carbocycles. The molecular formula is C23H39NO3Si. The molecule has 1 saturated heterocycles. The summed E-state index contributed by atoms with van der Waals surface area (Å²) in [5.74, 6) is 1.41. The zero-order valence-electron chi connectivity index (χ0n) is 19.2. The number of benzene rings is 1. The second kappa shape index (κ2) is 9.00. The van der Waals surface area contributed by atoms with E-state index >= 15 is 0 Å². The highest BCUT2D eigenvalue weighted by Crippen LogP contribution is 2.46. The summed E-state index contributed by atoms with van der Waals surface area (Å²) in [4.78, 5) is 15.2. The number of hydrogen-bond acceptors (Lipinski definition) is 3. The number of carbonyl (C=O) groups is 1. The molecule has 5 heteroatoms. The first kappa shape index (κ1) is 23.0. The third kappa shape index (κ3) is 4.15. The molecule has 1 amide bonds. The zero-order chi connectivity index (χ0) is 21.2. The van der Waals surface area contributed by atoms with Gasteiger partial charge in [0.25, 0.3) is 5.91 Å². The van der Waals surface area contributed by atoms with Gasteiger partial charge in [0, 0.05) is 5.69 Å². The predicted molar refractivity (Wildman–Crippen MR) is 120 cm³/mol. The van der Waals surface area contributed by atoms with Crippen molar-refractivity contribution in [3.8, 4) is 5.75 Å². The van der Waals surface area contributed by atoms with E-state index in [2.05, 4.69) is 55.4 Å². The van der Waals surface area contributed by atoms with Crippen molar-refractivity contribution in [1.82, 2.24) is 0 Å². The summed E-state index contributed by atoms with van der Waals surface area (Å²) in [5.41, 5.74) is 2.34. The number of amides is 1. The van der Waals surface area contributed by atoms with E-state index < -0.39 is 8.32 Å². The molecule has 1 aliphatic heterocycles. The van der Waals surface area contributed by atoms with Crippen LogP contribution in [0.4, 0.5) is 5.69 Å². The maximum Gasteiger partial charge on any atom is 0.257 e. The SMILES string of the molecule is COc1ccc(N2C(=O)[C@@H](O[Si](C(C)C)(C(C)C)C(C)C)[C@@H]2CC(C)C)cc1. The lowest BCUT2D eigenvalue weighted by molar-refractivity contribution is -0.136. The summed E-state index contributed by atoms with van der Waals surface area (Å²) < 4.78 is 12.2. The van der Waals surface area contributed by atoms with Crippen LogP contribution in [-0.4, -0.2) is 33.5 Å². The van der Waals surface area contributed by atoms with Gasteiger partial charge in [0.2, 0.25) is 8.32 Å². The van der Waals surface area contributed by atoms with Gasteiger partial charge in [-0.1, -0.05) is 55.4 Å². The van der Waals surface area contributed by atoms with Gasteiger partial charge in [-0.3, -0.25) is 4.79 Å². The molecule has 0 saturated carbocycles. The van der Waals surface area contributed by atoms with Gasteiger partial charge < -0.3 is 14.1 Å². The first-order valence-electron chi connectivity index (χ1n) is 10.7. The molecule has 0 bridgehead atoms. The maximum absolute atomic E-state index is 13.2. The third-order valence-corrected chi connectivity index (χ3v) is 12.3. The lowest BCUT2D eigenvalue weighted by Gasteiger charge is -2.53. The number of nitrogens with zero attached hydrogens (tertiary/aromatic N) is 1. The molecule has 1 aromatic carbocycles. The Hall–Kier alpha value is -1.33. The number of methoxy groups -OCH3 is 1. The van der Waals surface area contributed by atoms with Crippen LogP contribution >= 0.6 is 0 Å². The Morgan fingerprint density at radius 2 is 1.43 bits per heavy atom. The van der Waals surface area contributed by atoms with E-state index in [1.807, 2.05) is 29.2 Å². The van der Waals surface area contributed by atoms with Gasteiger partial charge >= 0.3 is 0 Å². The molecular weight excluding hydrogens is 366 g/mol. The van der Waals surface area contributed by atoms with Crippen molar-refractivity contribution in [3.63, 3.8) is 0 Å². The van der Waals surface area contributed by atoms with Crippen LogP contribution in [0, 0.1) is 5.92 Å². The first-order valence-corrected chi connectivity index (χ1v) is 12.8. The molecule has 28 heavy (non-hydrogen) atoms. The first-order chi connectivity index (χ1) is 13.1. The van der Waals surface area contributed by atoms with Crippen molar-refractivity contribution in [2.75, 3.05) is 12.0 Å². The molecule has 0 spiro atoms. The molecule has 1 aromatic rings. The Kier molecular flexibility index (Phi) is 7.37. The summed E-state index contributed by atoms with van der Waals surface area (Å²) in [6.45, 7) is 18.1. The quantitative estimate of drug-likeness (QED) is 0.372. The van der Waals surface area contributed by atoms with Gasteiger partial charge in [-0.15, -0.1) is 0 Å². The minimum atomic E-state index is -2.11. The van der Waals surface area contributed by atoms with E-state index in [0.717, 1.165) is 17.9 Å². The molecule has 1 aliphatic rings. The van der Waals surface area contributed by atoms with Crippen LogP contribution in [0.2, 0.25) is 16.6 Å². The highest BCUT2D eigenvalue weighted by atomic mass is 28.4. The van der Waals surface area contributed by atoms with E-state index in [0.29, 0.717) is 22.5 Å². The maximum atomic E-state index is 13.2. The van der Waals surface area contributed by atoms with E-state index in [1.165, 1.54) is 0 Å². The number of ether oxygens (including phenoxy) is 1. The molecule has 0 unspecified atom stereocenters. The lowest BCUT2D eigenvalue weighted by Crippen LogP contribution is -2.70. The standard InChI is InChI=1S/C23H39NO3Si/c1-15(2)14-21-22(27-28(16(3)4,17(5)6)18(7)8)23(25)24(21)19-10-12-20(26-9)13-11-19/h10-13,15-18,21-22H,14H2,1-9H3/t21-,22-/m0/s1. The molecule has 158 valence electrons. The second-order valence-electron chi connectivity index (χ2n) is 9.46. The average Bonchev–Trinajstić information content (AvgIpc) is 2.61. The number of rotatable bonds is 9. The fourth-order valence-corrected chi connectivity index (χ4v) is 10.6. The topological polar surface area (TPSA) is 38.8 Å². The highest BCUT2D eigenvalue weighted by molar-refractivity contribution is 6.77. The second-order valence-corrected chi connectivity index (χ2v) is 14.9. The van der Waals surface area contributed by atoms with Crippen LogP contribution in [0.5, 0.6) is 5.75 Å². The highest BCUT2D eigenvalue weighted by Gasteiger charge is 2.55. The summed E-state index contributed by atoms with van der Waals surface area (Å²) in [5, 5.41) is 0. The van der Waals surface area contributed by atoms with Crippen LogP contribution in [0.1, 0.15) is 61.8 Å². The minimum absolute atomic E-state index is 0.101. The minimum Gasteiger partial charge on any atom is -0.497 e. The molecule has 4 nitrogen and oxygen atoms in total. The van der Waals surface area contributed by atoms with E-state index in [4.69, 9.17) is 9.16 Å². The van der Waals surface area contributed by atoms with Gasteiger partial charge in [0.05, 0.1) is 13.2 Å². The van der Waals surface area contributed by atoms with E-state index in [9.17, 15) is 4.79 Å². The number of carbonyl (C=O) groups excluding carboxylic acids is 1. The monoisotopic (exact) mass is 405 g/mol. The van der Waals surface area contributed by atoms with E-state index in [-0.39, 0.29) is 18.1 Å². The molecule has 0 radical (unpaired) electrons. The van der Waals surface area contributed by atoms with Crippen molar-refractivity contribution in [2.45, 2.75) is 90.6 Å². The third-order valence-electron chi connectivity index (χ3n) is 6.26. The number of anilines is 1. The predicted octanol–water partition coefficient (Wildman–Crippen LogP) is 6.02. The molecule has 0 aromatic heterocycles. The summed E-state index contributed by atoms with van der Waals surface area (Å²) in [7, 11) is -0.452. The normalized spacial score (nSPS) is 20.5. The smallest absolute Gasteiger partial charge is 0.257 e.